The lowest BCUT2D eigenvalue weighted by atomic mass is 10.1. The SMILES string of the molecule is C#CCOc1c(I)cc(C=C2NC(=O)NC2=O)cc1OC. The van der Waals surface area contributed by atoms with Crippen molar-refractivity contribution in [2.45, 2.75) is 0 Å². The largest absolute Gasteiger partial charge is 0.493 e. The van der Waals surface area contributed by atoms with E-state index < -0.39 is 11.9 Å². The average Bonchev–Trinajstić information content (AvgIpc) is 2.75. The Kier molecular flexibility index (Phi) is 4.70. The molecule has 0 aliphatic carbocycles. The van der Waals surface area contributed by atoms with Crippen molar-refractivity contribution < 1.29 is 19.1 Å². The van der Waals surface area contributed by atoms with Crippen LogP contribution in [-0.2, 0) is 4.79 Å². The fourth-order valence-corrected chi connectivity index (χ4v) is 2.51. The normalized spacial score (nSPS) is 15.4. The number of carbonyl (C=O) groups excluding carboxylic acids is 2. The van der Waals surface area contributed by atoms with E-state index >= 15 is 0 Å². The van der Waals surface area contributed by atoms with Crippen LogP contribution in [0.5, 0.6) is 11.5 Å². The molecule has 1 aliphatic rings. The van der Waals surface area contributed by atoms with E-state index in [0.717, 1.165) is 3.57 Å². The molecule has 3 amide bonds. The first kappa shape index (κ1) is 15.2. The zero-order valence-electron chi connectivity index (χ0n) is 11.0. The van der Waals surface area contributed by atoms with Gasteiger partial charge < -0.3 is 14.8 Å². The summed E-state index contributed by atoms with van der Waals surface area (Å²) < 4.78 is 11.5. The van der Waals surface area contributed by atoms with Crippen LogP contribution < -0.4 is 20.1 Å². The fraction of sp³-hybridized carbons (Fsp3) is 0.143. The van der Waals surface area contributed by atoms with Crippen molar-refractivity contribution in [3.8, 4) is 23.8 Å². The minimum absolute atomic E-state index is 0.130. The topological polar surface area (TPSA) is 76.7 Å². The summed E-state index contributed by atoms with van der Waals surface area (Å²) in [5.41, 5.74) is 0.867. The van der Waals surface area contributed by atoms with Crippen LogP contribution in [0.4, 0.5) is 4.79 Å². The van der Waals surface area contributed by atoms with E-state index in [4.69, 9.17) is 15.9 Å². The molecule has 1 saturated heterocycles. The Labute approximate surface area is 135 Å². The quantitative estimate of drug-likeness (QED) is 0.349. The lowest BCUT2D eigenvalue weighted by Gasteiger charge is -2.12. The van der Waals surface area contributed by atoms with Gasteiger partial charge >= 0.3 is 6.03 Å². The van der Waals surface area contributed by atoms with Crippen LogP contribution in [0.1, 0.15) is 5.56 Å². The summed E-state index contributed by atoms with van der Waals surface area (Å²) in [5, 5.41) is 4.55. The number of nitrogens with one attached hydrogen (secondary N) is 2. The van der Waals surface area contributed by atoms with Crippen molar-refractivity contribution in [1.29, 1.82) is 0 Å². The highest BCUT2D eigenvalue weighted by Gasteiger charge is 2.23. The van der Waals surface area contributed by atoms with E-state index in [2.05, 4.69) is 39.1 Å². The molecule has 0 spiro atoms. The van der Waals surface area contributed by atoms with Crippen molar-refractivity contribution in [1.82, 2.24) is 10.6 Å². The number of imide groups is 1. The van der Waals surface area contributed by atoms with E-state index in [1.165, 1.54) is 7.11 Å². The molecule has 2 rings (SSSR count). The van der Waals surface area contributed by atoms with Crippen molar-refractivity contribution in [2.24, 2.45) is 0 Å². The Hall–Kier alpha value is -2.21. The van der Waals surface area contributed by atoms with E-state index in [0.29, 0.717) is 17.1 Å². The molecule has 0 atom stereocenters. The van der Waals surface area contributed by atoms with Gasteiger partial charge in [-0.3, -0.25) is 10.1 Å². The van der Waals surface area contributed by atoms with Crippen LogP contribution in [0.2, 0.25) is 0 Å². The highest BCUT2D eigenvalue weighted by molar-refractivity contribution is 14.1. The predicted molar refractivity (Wildman–Crippen MR) is 84.7 cm³/mol. The van der Waals surface area contributed by atoms with Crippen molar-refractivity contribution >= 4 is 40.6 Å². The van der Waals surface area contributed by atoms with Gasteiger partial charge in [0.2, 0.25) is 0 Å². The van der Waals surface area contributed by atoms with E-state index in [-0.39, 0.29) is 12.3 Å². The number of terminal acetylenes is 1. The fourth-order valence-electron chi connectivity index (χ4n) is 1.73. The Morgan fingerprint density at radius 3 is 2.71 bits per heavy atom. The minimum Gasteiger partial charge on any atom is -0.493 e. The standard InChI is InChI=1S/C14H11IN2O4/c1-3-4-21-12-9(15)5-8(7-11(12)20-2)6-10-13(18)17-14(19)16-10/h1,5-7H,4H2,2H3,(H2,16,17,18,19). The van der Waals surface area contributed by atoms with E-state index in [1.807, 2.05) is 0 Å². The van der Waals surface area contributed by atoms with Gasteiger partial charge in [0, 0.05) is 0 Å². The summed E-state index contributed by atoms with van der Waals surface area (Å²) in [6.45, 7) is 0.130. The second-order valence-corrected chi connectivity index (χ2v) is 5.16. The maximum Gasteiger partial charge on any atom is 0.326 e. The third-order valence-corrected chi connectivity index (χ3v) is 3.38. The lowest BCUT2D eigenvalue weighted by Crippen LogP contribution is -2.22. The molecule has 0 unspecified atom stereocenters. The summed E-state index contributed by atoms with van der Waals surface area (Å²) in [6.07, 6.45) is 6.72. The molecular formula is C14H11IN2O4. The molecular weight excluding hydrogens is 387 g/mol. The summed E-state index contributed by atoms with van der Waals surface area (Å²) in [5.74, 6) is 2.95. The molecule has 108 valence electrons. The first-order valence-corrected chi connectivity index (χ1v) is 6.91. The van der Waals surface area contributed by atoms with Crippen LogP contribution >= 0.6 is 22.6 Å². The smallest absolute Gasteiger partial charge is 0.326 e. The Morgan fingerprint density at radius 2 is 2.14 bits per heavy atom. The second-order valence-electron chi connectivity index (χ2n) is 3.99. The number of methoxy groups -OCH3 is 1. The molecule has 1 aromatic rings. The Morgan fingerprint density at radius 1 is 1.38 bits per heavy atom. The zero-order valence-corrected chi connectivity index (χ0v) is 13.2. The number of carbonyl (C=O) groups is 2. The number of halogens is 1. The van der Waals surface area contributed by atoms with E-state index in [9.17, 15) is 9.59 Å². The van der Waals surface area contributed by atoms with Gasteiger partial charge in [-0.1, -0.05) is 5.92 Å². The van der Waals surface area contributed by atoms with Crippen molar-refractivity contribution in [3.63, 3.8) is 0 Å². The molecule has 2 N–H and O–H groups in total. The van der Waals surface area contributed by atoms with E-state index in [1.54, 1.807) is 18.2 Å². The molecule has 0 radical (unpaired) electrons. The van der Waals surface area contributed by atoms with Gasteiger partial charge in [0.15, 0.2) is 11.5 Å². The number of urea groups is 1. The average molecular weight is 398 g/mol. The van der Waals surface area contributed by atoms with Crippen LogP contribution in [0, 0.1) is 15.9 Å². The number of hydrogen-bond acceptors (Lipinski definition) is 4. The van der Waals surface area contributed by atoms with Crippen molar-refractivity contribution in [2.75, 3.05) is 13.7 Å². The number of amides is 3. The molecule has 7 heteroatoms. The highest BCUT2D eigenvalue weighted by Crippen LogP contribution is 2.34. The van der Waals surface area contributed by atoms with Gasteiger partial charge in [-0.05, 0) is 46.4 Å². The molecule has 1 fully saturated rings. The summed E-state index contributed by atoms with van der Waals surface area (Å²) in [4.78, 5) is 22.6. The molecule has 0 aromatic heterocycles. The number of rotatable bonds is 4. The van der Waals surface area contributed by atoms with Gasteiger partial charge in [-0.15, -0.1) is 6.42 Å². The molecule has 21 heavy (non-hydrogen) atoms. The van der Waals surface area contributed by atoms with Gasteiger partial charge in [0.25, 0.3) is 5.91 Å². The summed E-state index contributed by atoms with van der Waals surface area (Å²) >= 11 is 2.08. The molecule has 0 saturated carbocycles. The van der Waals surface area contributed by atoms with Gasteiger partial charge in [-0.2, -0.15) is 0 Å². The first-order valence-electron chi connectivity index (χ1n) is 5.83. The molecule has 1 heterocycles. The summed E-state index contributed by atoms with van der Waals surface area (Å²) in [6, 6.07) is 2.94. The Bertz CT molecular complexity index is 676. The van der Waals surface area contributed by atoms with Gasteiger partial charge in [0.05, 0.1) is 10.7 Å². The second kappa shape index (κ2) is 6.49. The third kappa shape index (κ3) is 3.46. The lowest BCUT2D eigenvalue weighted by molar-refractivity contribution is -0.115. The highest BCUT2D eigenvalue weighted by atomic mass is 127. The number of hydrogen-bond donors (Lipinski definition) is 2. The first-order chi connectivity index (χ1) is 10.0. The number of ether oxygens (including phenoxy) is 2. The van der Waals surface area contributed by atoms with Crippen LogP contribution in [0.25, 0.3) is 6.08 Å². The minimum atomic E-state index is -0.540. The molecule has 6 nitrogen and oxygen atoms in total. The van der Waals surface area contributed by atoms with Crippen LogP contribution in [0.15, 0.2) is 17.8 Å². The van der Waals surface area contributed by atoms with Gasteiger partial charge in [0.1, 0.15) is 12.3 Å². The molecule has 1 aliphatic heterocycles. The maximum absolute atomic E-state index is 11.5. The van der Waals surface area contributed by atoms with Crippen LogP contribution in [0.3, 0.4) is 0 Å². The third-order valence-electron chi connectivity index (χ3n) is 2.58. The predicted octanol–water partition coefficient (Wildman–Crippen LogP) is 1.49. The molecule has 1 aromatic carbocycles. The zero-order chi connectivity index (χ0) is 15.4. The summed E-state index contributed by atoms with van der Waals surface area (Å²) in [7, 11) is 1.51. The van der Waals surface area contributed by atoms with Crippen LogP contribution in [-0.4, -0.2) is 25.7 Å². The van der Waals surface area contributed by atoms with Crippen molar-refractivity contribution in [3.05, 3.63) is 27.0 Å². The van der Waals surface area contributed by atoms with Gasteiger partial charge in [-0.25, -0.2) is 4.79 Å². The Balaban J connectivity index is 2.37. The maximum atomic E-state index is 11.5. The molecule has 0 bridgehead atoms. The number of benzene rings is 1. The monoisotopic (exact) mass is 398 g/mol.